The van der Waals surface area contributed by atoms with Crippen LogP contribution in [0.3, 0.4) is 0 Å². The Labute approximate surface area is 132 Å². The van der Waals surface area contributed by atoms with Crippen molar-refractivity contribution < 1.29 is 4.74 Å². The van der Waals surface area contributed by atoms with Crippen molar-refractivity contribution in [3.63, 3.8) is 0 Å². The Kier molecular flexibility index (Phi) is 4.62. The number of halogens is 1. The molecule has 3 heterocycles. The summed E-state index contributed by atoms with van der Waals surface area (Å²) in [6.07, 6.45) is 4.89. The van der Waals surface area contributed by atoms with Gasteiger partial charge in [-0.1, -0.05) is 29.4 Å². The van der Waals surface area contributed by atoms with E-state index in [4.69, 9.17) is 22.2 Å². The van der Waals surface area contributed by atoms with E-state index < -0.39 is 0 Å². The Morgan fingerprint density at radius 2 is 2.29 bits per heavy atom. The molecule has 3 rings (SSSR count). The molecule has 8 heteroatoms. The van der Waals surface area contributed by atoms with E-state index in [1.54, 1.807) is 12.3 Å². The summed E-state index contributed by atoms with van der Waals surface area (Å²) in [7, 11) is 0. The molecular weight excluding hydrogens is 310 g/mol. The van der Waals surface area contributed by atoms with Crippen LogP contribution in [0.15, 0.2) is 23.5 Å². The number of nitrogens with two attached hydrogens (primary N) is 1. The maximum Gasteiger partial charge on any atom is 0.210 e. The zero-order valence-corrected chi connectivity index (χ0v) is 13.0. The van der Waals surface area contributed by atoms with Gasteiger partial charge in [0.15, 0.2) is 5.82 Å². The highest BCUT2D eigenvalue weighted by Crippen LogP contribution is 2.28. The van der Waals surface area contributed by atoms with E-state index in [1.165, 1.54) is 16.4 Å². The van der Waals surface area contributed by atoms with Crippen LogP contribution in [-0.4, -0.2) is 26.5 Å². The zero-order chi connectivity index (χ0) is 14.7. The van der Waals surface area contributed by atoms with E-state index >= 15 is 0 Å². The predicted octanol–water partition coefficient (Wildman–Crippen LogP) is 2.57. The molecule has 112 valence electrons. The van der Waals surface area contributed by atoms with E-state index in [0.29, 0.717) is 21.9 Å². The van der Waals surface area contributed by atoms with Crippen LogP contribution >= 0.6 is 23.4 Å². The van der Waals surface area contributed by atoms with Gasteiger partial charge in [0.25, 0.3) is 0 Å². The van der Waals surface area contributed by atoms with Crippen LogP contribution in [0.1, 0.15) is 36.8 Å². The average molecular weight is 326 g/mol. The van der Waals surface area contributed by atoms with Crippen molar-refractivity contribution in [3.8, 4) is 0 Å². The lowest BCUT2D eigenvalue weighted by Gasteiger charge is -2.21. The van der Waals surface area contributed by atoms with E-state index in [9.17, 15) is 0 Å². The molecule has 0 spiro atoms. The summed E-state index contributed by atoms with van der Waals surface area (Å²) in [6, 6.07) is 3.70. The van der Waals surface area contributed by atoms with Crippen LogP contribution in [-0.2, 0) is 10.5 Å². The van der Waals surface area contributed by atoms with Crippen LogP contribution in [0.25, 0.3) is 0 Å². The van der Waals surface area contributed by atoms with Crippen LogP contribution in [0.2, 0.25) is 5.15 Å². The molecule has 0 bridgehead atoms. The summed E-state index contributed by atoms with van der Waals surface area (Å²) in [5, 5.41) is 9.48. The predicted molar refractivity (Wildman–Crippen MR) is 81.5 cm³/mol. The second kappa shape index (κ2) is 6.64. The third-order valence-corrected chi connectivity index (χ3v) is 4.55. The van der Waals surface area contributed by atoms with Gasteiger partial charge in [-0.25, -0.2) is 9.66 Å². The number of ether oxygens (including phenoxy) is 1. The molecule has 0 aliphatic carbocycles. The molecule has 2 aromatic rings. The molecule has 1 saturated heterocycles. The van der Waals surface area contributed by atoms with Gasteiger partial charge in [-0.2, -0.15) is 0 Å². The highest BCUT2D eigenvalue weighted by molar-refractivity contribution is 7.98. The first-order valence-corrected chi connectivity index (χ1v) is 8.15. The first-order valence-electron chi connectivity index (χ1n) is 6.79. The maximum absolute atomic E-state index is 6.08. The Morgan fingerprint density at radius 1 is 1.38 bits per heavy atom. The Morgan fingerprint density at radius 3 is 3.00 bits per heavy atom. The summed E-state index contributed by atoms with van der Waals surface area (Å²) in [5.74, 6) is 7.49. The van der Waals surface area contributed by atoms with Gasteiger partial charge in [0.1, 0.15) is 11.3 Å². The van der Waals surface area contributed by atoms with Gasteiger partial charge in [-0.05, 0) is 30.9 Å². The topological polar surface area (TPSA) is 78.9 Å². The third-order valence-electron chi connectivity index (χ3n) is 3.32. The van der Waals surface area contributed by atoms with E-state index in [0.717, 1.165) is 31.4 Å². The molecule has 6 nitrogen and oxygen atoms in total. The first kappa shape index (κ1) is 14.6. The van der Waals surface area contributed by atoms with Gasteiger partial charge in [0.05, 0.1) is 0 Å². The molecule has 21 heavy (non-hydrogen) atoms. The molecule has 1 aliphatic heterocycles. The fourth-order valence-corrected chi connectivity index (χ4v) is 3.10. The van der Waals surface area contributed by atoms with E-state index in [-0.39, 0.29) is 6.10 Å². The Bertz CT molecular complexity index is 597. The summed E-state index contributed by atoms with van der Waals surface area (Å²) >= 11 is 7.28. The molecule has 0 radical (unpaired) electrons. The second-order valence-corrected chi connectivity index (χ2v) is 6.17. The molecule has 1 aliphatic rings. The maximum atomic E-state index is 6.08. The fourth-order valence-electron chi connectivity index (χ4n) is 2.19. The summed E-state index contributed by atoms with van der Waals surface area (Å²) in [5.41, 5.74) is 1.06. The van der Waals surface area contributed by atoms with E-state index in [1.807, 2.05) is 6.07 Å². The first-order chi connectivity index (χ1) is 10.2. The molecular formula is C13H16ClN5OS. The lowest BCUT2D eigenvalue weighted by Crippen LogP contribution is -2.21. The number of rotatable bonds is 4. The Hall–Kier alpha value is -1.31. The van der Waals surface area contributed by atoms with Gasteiger partial charge < -0.3 is 10.6 Å². The molecule has 0 amide bonds. The van der Waals surface area contributed by atoms with Crippen molar-refractivity contribution in [1.29, 1.82) is 0 Å². The number of nitrogens with zero attached hydrogens (tertiary/aromatic N) is 4. The highest BCUT2D eigenvalue weighted by Gasteiger charge is 2.23. The van der Waals surface area contributed by atoms with Crippen molar-refractivity contribution in [2.75, 3.05) is 12.4 Å². The summed E-state index contributed by atoms with van der Waals surface area (Å²) in [4.78, 5) is 4.05. The SMILES string of the molecule is Nn1c(SCc2ccc(Cl)nc2)nnc1[C@@H]1CCCCO1. The van der Waals surface area contributed by atoms with Gasteiger partial charge >= 0.3 is 0 Å². The number of hydrogen-bond acceptors (Lipinski definition) is 6. The number of thioether (sulfide) groups is 1. The minimum atomic E-state index is -0.0391. The van der Waals surface area contributed by atoms with Crippen LogP contribution < -0.4 is 5.84 Å². The normalized spacial score (nSPS) is 18.8. The van der Waals surface area contributed by atoms with Crippen molar-refractivity contribution in [3.05, 3.63) is 34.9 Å². The third kappa shape index (κ3) is 3.48. The van der Waals surface area contributed by atoms with E-state index in [2.05, 4.69) is 15.2 Å². The van der Waals surface area contributed by atoms with Crippen molar-refractivity contribution in [2.24, 2.45) is 0 Å². The number of hydrogen-bond donors (Lipinski definition) is 1. The smallest absolute Gasteiger partial charge is 0.210 e. The van der Waals surface area contributed by atoms with Crippen LogP contribution in [0, 0.1) is 0 Å². The van der Waals surface area contributed by atoms with Crippen LogP contribution in [0.5, 0.6) is 0 Å². The molecule has 0 saturated carbocycles. The summed E-state index contributed by atoms with van der Waals surface area (Å²) < 4.78 is 7.23. The number of nitrogen functional groups attached to an aromatic ring is 1. The van der Waals surface area contributed by atoms with Gasteiger partial charge in [0, 0.05) is 18.6 Å². The standard InChI is InChI=1S/C13H16ClN5OS/c14-11-5-4-9(7-16-11)8-21-13-18-17-12(19(13)15)10-3-1-2-6-20-10/h4-5,7,10H,1-3,6,8,15H2/t10-/m0/s1. The monoisotopic (exact) mass is 325 g/mol. The van der Waals surface area contributed by atoms with Crippen molar-refractivity contribution in [1.82, 2.24) is 19.9 Å². The molecule has 1 fully saturated rings. The average Bonchev–Trinajstić information content (AvgIpc) is 2.89. The molecule has 0 aromatic carbocycles. The zero-order valence-electron chi connectivity index (χ0n) is 11.4. The van der Waals surface area contributed by atoms with Crippen LogP contribution in [0.4, 0.5) is 0 Å². The van der Waals surface area contributed by atoms with Crippen molar-refractivity contribution >= 4 is 23.4 Å². The summed E-state index contributed by atoms with van der Waals surface area (Å²) in [6.45, 7) is 0.760. The Balaban J connectivity index is 1.66. The van der Waals surface area contributed by atoms with Gasteiger partial charge in [0.2, 0.25) is 5.16 Å². The minimum absolute atomic E-state index is 0.0391. The number of pyridine rings is 1. The molecule has 2 N–H and O–H groups in total. The highest BCUT2D eigenvalue weighted by atomic mass is 35.5. The molecule has 1 atom stereocenters. The van der Waals surface area contributed by atoms with Crippen molar-refractivity contribution in [2.45, 2.75) is 36.3 Å². The quantitative estimate of drug-likeness (QED) is 0.529. The number of aromatic nitrogens is 4. The van der Waals surface area contributed by atoms with Gasteiger partial charge in [-0.3, -0.25) is 0 Å². The van der Waals surface area contributed by atoms with Gasteiger partial charge in [-0.15, -0.1) is 10.2 Å². The lowest BCUT2D eigenvalue weighted by molar-refractivity contribution is 0.00780. The minimum Gasteiger partial charge on any atom is -0.370 e. The second-order valence-electron chi connectivity index (χ2n) is 4.84. The molecule has 2 aromatic heterocycles. The largest absolute Gasteiger partial charge is 0.370 e. The lowest BCUT2D eigenvalue weighted by atomic mass is 10.1. The fraction of sp³-hybridized carbons (Fsp3) is 0.462. The molecule has 0 unspecified atom stereocenters.